The number of hydrogen-bond donors (Lipinski definition) is 1. The van der Waals surface area contributed by atoms with Crippen molar-refractivity contribution in [2.24, 2.45) is 0 Å². The van der Waals surface area contributed by atoms with E-state index in [9.17, 15) is 0 Å². The Bertz CT molecular complexity index is 205. The molecule has 0 unspecified atom stereocenters. The third-order valence-electron chi connectivity index (χ3n) is 4.18. The van der Waals surface area contributed by atoms with E-state index in [-0.39, 0.29) is 17.0 Å². The zero-order valence-electron chi connectivity index (χ0n) is 13.6. The highest BCUT2D eigenvalue weighted by Gasteiger charge is 2.19. The molecular formula is C16H35BrN2. The van der Waals surface area contributed by atoms with E-state index in [1.807, 2.05) is 0 Å². The second-order valence-electron chi connectivity index (χ2n) is 5.56. The smallest absolute Gasteiger partial charge is 0.0786 e. The highest BCUT2D eigenvalue weighted by atomic mass is 79.9. The summed E-state index contributed by atoms with van der Waals surface area (Å²) in [5.41, 5.74) is 1.23. The molecule has 2 nitrogen and oxygen atoms in total. The minimum absolute atomic E-state index is 0. The number of nitrogens with one attached hydrogen (secondary N) is 1. The number of halogens is 1. The van der Waals surface area contributed by atoms with Gasteiger partial charge in [-0.25, -0.2) is 0 Å². The van der Waals surface area contributed by atoms with Gasteiger partial charge in [0.1, 0.15) is 0 Å². The van der Waals surface area contributed by atoms with Crippen LogP contribution in [0.25, 0.3) is 0 Å². The summed E-state index contributed by atoms with van der Waals surface area (Å²) in [6.07, 6.45) is 5.43. The van der Waals surface area contributed by atoms with Crippen LogP contribution in [0.1, 0.15) is 53.4 Å². The molecule has 0 bridgehead atoms. The standard InChI is InChI=1S/C16H35N2.BrH/c1-6-18(7-2,8-3)14-12-10-9-11-13-17-15-16(4)5;/h17H,4,6-15H2,1-3,5H3;1H/q+1;/p-1. The summed E-state index contributed by atoms with van der Waals surface area (Å²) in [5, 5.41) is 3.42. The number of unbranched alkanes of at least 4 members (excludes halogenated alkanes) is 3. The molecule has 116 valence electrons. The first kappa shape index (κ1) is 21.4. The molecule has 0 aliphatic heterocycles. The molecule has 0 aliphatic rings. The molecule has 1 N–H and O–H groups in total. The first-order valence-electron chi connectivity index (χ1n) is 7.80. The first-order valence-corrected chi connectivity index (χ1v) is 7.80. The van der Waals surface area contributed by atoms with Crippen molar-refractivity contribution in [3.8, 4) is 0 Å². The van der Waals surface area contributed by atoms with E-state index in [2.05, 4.69) is 39.6 Å². The maximum absolute atomic E-state index is 3.89. The van der Waals surface area contributed by atoms with Crippen LogP contribution in [0.5, 0.6) is 0 Å². The zero-order chi connectivity index (χ0) is 13.9. The van der Waals surface area contributed by atoms with E-state index >= 15 is 0 Å². The van der Waals surface area contributed by atoms with Gasteiger partial charge in [0.25, 0.3) is 0 Å². The summed E-state index contributed by atoms with van der Waals surface area (Å²) >= 11 is 0. The van der Waals surface area contributed by atoms with Crippen LogP contribution >= 0.6 is 0 Å². The summed E-state index contributed by atoms with van der Waals surface area (Å²) < 4.78 is 1.30. The summed E-state index contributed by atoms with van der Waals surface area (Å²) in [5.74, 6) is 0. The van der Waals surface area contributed by atoms with Crippen molar-refractivity contribution in [2.75, 3.05) is 39.3 Å². The maximum Gasteiger partial charge on any atom is 0.0786 e. The van der Waals surface area contributed by atoms with Crippen molar-refractivity contribution < 1.29 is 21.5 Å². The molecule has 19 heavy (non-hydrogen) atoms. The van der Waals surface area contributed by atoms with Crippen molar-refractivity contribution in [1.29, 1.82) is 0 Å². The Balaban J connectivity index is 0. The largest absolute Gasteiger partial charge is 1.00 e. The molecule has 0 radical (unpaired) electrons. The molecule has 0 atom stereocenters. The number of rotatable bonds is 12. The second-order valence-corrected chi connectivity index (χ2v) is 5.56. The van der Waals surface area contributed by atoms with Gasteiger partial charge in [-0.2, -0.15) is 0 Å². The van der Waals surface area contributed by atoms with Gasteiger partial charge >= 0.3 is 0 Å². The molecule has 0 spiro atoms. The molecular weight excluding hydrogens is 300 g/mol. The van der Waals surface area contributed by atoms with E-state index < -0.39 is 0 Å². The Morgan fingerprint density at radius 3 is 1.95 bits per heavy atom. The first-order chi connectivity index (χ1) is 8.60. The Morgan fingerprint density at radius 1 is 0.947 bits per heavy atom. The minimum Gasteiger partial charge on any atom is -1.00 e. The summed E-state index contributed by atoms with van der Waals surface area (Å²) in [6.45, 7) is 20.3. The van der Waals surface area contributed by atoms with E-state index in [1.54, 1.807) is 0 Å². The van der Waals surface area contributed by atoms with Gasteiger partial charge in [-0.3, -0.25) is 0 Å². The van der Waals surface area contributed by atoms with Crippen molar-refractivity contribution in [2.45, 2.75) is 53.4 Å². The Morgan fingerprint density at radius 2 is 1.47 bits per heavy atom. The third kappa shape index (κ3) is 10.6. The summed E-state index contributed by atoms with van der Waals surface area (Å²) in [7, 11) is 0. The van der Waals surface area contributed by atoms with Crippen molar-refractivity contribution in [3.63, 3.8) is 0 Å². The van der Waals surface area contributed by atoms with Crippen LogP contribution in [-0.4, -0.2) is 43.8 Å². The van der Waals surface area contributed by atoms with Crippen molar-refractivity contribution >= 4 is 0 Å². The van der Waals surface area contributed by atoms with Crippen molar-refractivity contribution in [3.05, 3.63) is 12.2 Å². The van der Waals surface area contributed by atoms with Gasteiger partial charge in [-0.05, 0) is 53.5 Å². The van der Waals surface area contributed by atoms with E-state index in [1.165, 1.54) is 61.9 Å². The van der Waals surface area contributed by atoms with Gasteiger partial charge in [-0.15, -0.1) is 0 Å². The monoisotopic (exact) mass is 334 g/mol. The van der Waals surface area contributed by atoms with Crippen LogP contribution in [0.3, 0.4) is 0 Å². The molecule has 0 aromatic carbocycles. The van der Waals surface area contributed by atoms with E-state index in [0.29, 0.717) is 0 Å². The number of quaternary nitrogens is 1. The predicted molar refractivity (Wildman–Crippen MR) is 82.9 cm³/mol. The van der Waals surface area contributed by atoms with E-state index in [0.717, 1.165) is 13.1 Å². The highest BCUT2D eigenvalue weighted by molar-refractivity contribution is 4.90. The lowest BCUT2D eigenvalue weighted by atomic mass is 10.1. The lowest BCUT2D eigenvalue weighted by molar-refractivity contribution is -0.923. The molecule has 3 heteroatoms. The van der Waals surface area contributed by atoms with Crippen LogP contribution in [0.2, 0.25) is 0 Å². The normalized spacial score (nSPS) is 11.2. The average Bonchev–Trinajstić information content (AvgIpc) is 2.38. The molecule has 0 amide bonds. The molecule has 0 aliphatic carbocycles. The lowest BCUT2D eigenvalue weighted by Gasteiger charge is -2.35. The topological polar surface area (TPSA) is 12.0 Å². The SMILES string of the molecule is C=C(C)CNCCCCCC[N+](CC)(CC)CC.[Br-]. The van der Waals surface area contributed by atoms with Crippen LogP contribution in [-0.2, 0) is 0 Å². The minimum atomic E-state index is 0. The maximum atomic E-state index is 3.89. The molecule has 0 rings (SSSR count). The second kappa shape index (κ2) is 13.1. The fourth-order valence-electron chi connectivity index (χ4n) is 2.50. The van der Waals surface area contributed by atoms with E-state index in [4.69, 9.17) is 0 Å². The quantitative estimate of drug-likeness (QED) is 0.313. The van der Waals surface area contributed by atoms with Gasteiger partial charge < -0.3 is 26.8 Å². The van der Waals surface area contributed by atoms with Gasteiger partial charge in [0, 0.05) is 6.54 Å². The average molecular weight is 335 g/mol. The Kier molecular flexibility index (Phi) is 14.8. The van der Waals surface area contributed by atoms with Gasteiger partial charge in [0.2, 0.25) is 0 Å². The van der Waals surface area contributed by atoms with Crippen LogP contribution in [0, 0.1) is 0 Å². The summed E-state index contributed by atoms with van der Waals surface area (Å²) in [6, 6.07) is 0. The molecule has 0 saturated carbocycles. The van der Waals surface area contributed by atoms with Crippen molar-refractivity contribution in [1.82, 2.24) is 5.32 Å². The molecule has 0 aromatic heterocycles. The molecule has 0 heterocycles. The number of hydrogen-bond acceptors (Lipinski definition) is 1. The Hall–Kier alpha value is 0.140. The van der Waals surface area contributed by atoms with Gasteiger partial charge in [-0.1, -0.05) is 18.6 Å². The van der Waals surface area contributed by atoms with Gasteiger partial charge in [0.05, 0.1) is 26.2 Å². The molecule has 0 saturated heterocycles. The fraction of sp³-hybridized carbons (Fsp3) is 0.875. The summed E-state index contributed by atoms with van der Waals surface area (Å²) in [4.78, 5) is 0. The zero-order valence-corrected chi connectivity index (χ0v) is 15.2. The molecule has 0 aromatic rings. The van der Waals surface area contributed by atoms with Gasteiger partial charge in [0.15, 0.2) is 0 Å². The fourth-order valence-corrected chi connectivity index (χ4v) is 2.50. The van der Waals surface area contributed by atoms with Crippen LogP contribution in [0.15, 0.2) is 12.2 Å². The molecule has 0 fully saturated rings. The third-order valence-corrected chi connectivity index (χ3v) is 4.18. The van der Waals surface area contributed by atoms with Crippen LogP contribution in [0.4, 0.5) is 0 Å². The highest BCUT2D eigenvalue weighted by Crippen LogP contribution is 2.10. The Labute approximate surface area is 132 Å². The predicted octanol–water partition coefficient (Wildman–Crippen LogP) is 0.593. The lowest BCUT2D eigenvalue weighted by Crippen LogP contribution is -3.00. The number of nitrogens with zero attached hydrogens (tertiary/aromatic N) is 1. The van der Waals surface area contributed by atoms with Crippen LogP contribution < -0.4 is 22.3 Å².